The average molecular weight is 195 g/mol. The molecule has 0 heterocycles. The van der Waals surface area contributed by atoms with Crippen LogP contribution < -0.4 is 5.73 Å². The normalized spacial score (nSPS) is 35.6. The van der Waals surface area contributed by atoms with Gasteiger partial charge in [-0.1, -0.05) is 32.6 Å². The lowest BCUT2D eigenvalue weighted by atomic mass is 9.77. The molecule has 0 radical (unpaired) electrons. The smallest absolute Gasteiger partial charge is 0.00673 e. The highest BCUT2D eigenvalue weighted by Crippen LogP contribution is 2.36. The average Bonchev–Trinajstić information content (AvgIpc) is 2.97. The van der Waals surface area contributed by atoms with Gasteiger partial charge in [-0.3, -0.25) is 0 Å². The van der Waals surface area contributed by atoms with Gasteiger partial charge in [0, 0.05) is 6.04 Å². The zero-order valence-corrected chi connectivity index (χ0v) is 9.54. The first-order valence-electron chi connectivity index (χ1n) is 6.51. The van der Waals surface area contributed by atoms with Gasteiger partial charge in [-0.25, -0.2) is 0 Å². The molecule has 2 aliphatic carbocycles. The van der Waals surface area contributed by atoms with E-state index in [9.17, 15) is 0 Å². The van der Waals surface area contributed by atoms with Crippen molar-refractivity contribution < 1.29 is 0 Å². The Hall–Kier alpha value is -0.0400. The lowest BCUT2D eigenvalue weighted by Crippen LogP contribution is -2.33. The van der Waals surface area contributed by atoms with E-state index in [4.69, 9.17) is 5.73 Å². The van der Waals surface area contributed by atoms with Crippen LogP contribution >= 0.6 is 0 Å². The topological polar surface area (TPSA) is 26.0 Å². The zero-order valence-electron chi connectivity index (χ0n) is 9.54. The fourth-order valence-electron chi connectivity index (χ4n) is 2.94. The molecule has 0 spiro atoms. The van der Waals surface area contributed by atoms with E-state index < -0.39 is 0 Å². The Morgan fingerprint density at radius 3 is 2.64 bits per heavy atom. The van der Waals surface area contributed by atoms with Crippen LogP contribution in [-0.4, -0.2) is 6.04 Å². The maximum Gasteiger partial charge on any atom is 0.00673 e. The van der Waals surface area contributed by atoms with Crippen molar-refractivity contribution in [2.45, 2.75) is 64.3 Å². The van der Waals surface area contributed by atoms with E-state index >= 15 is 0 Å². The third-order valence-corrected chi connectivity index (χ3v) is 4.19. The fraction of sp³-hybridized carbons (Fsp3) is 1.00. The molecule has 82 valence electrons. The molecule has 0 aromatic rings. The van der Waals surface area contributed by atoms with E-state index in [1.165, 1.54) is 51.4 Å². The van der Waals surface area contributed by atoms with Crippen LogP contribution in [-0.2, 0) is 0 Å². The summed E-state index contributed by atoms with van der Waals surface area (Å²) in [6, 6.07) is 0.512. The Bertz CT molecular complexity index is 174. The van der Waals surface area contributed by atoms with E-state index in [1.807, 2.05) is 0 Å². The second kappa shape index (κ2) is 4.65. The molecule has 2 saturated carbocycles. The molecule has 0 aromatic heterocycles. The van der Waals surface area contributed by atoms with Gasteiger partial charge in [0.2, 0.25) is 0 Å². The maximum absolute atomic E-state index is 6.29. The minimum atomic E-state index is 0.512. The predicted molar refractivity (Wildman–Crippen MR) is 61.1 cm³/mol. The SMILES string of the molecule is CC1CCCC(C(N)CCC2CC2)C1. The van der Waals surface area contributed by atoms with Crippen molar-refractivity contribution in [1.82, 2.24) is 0 Å². The molecule has 0 aliphatic heterocycles. The van der Waals surface area contributed by atoms with Crippen molar-refractivity contribution in [2.24, 2.45) is 23.5 Å². The fourth-order valence-corrected chi connectivity index (χ4v) is 2.94. The first-order chi connectivity index (χ1) is 6.75. The molecule has 2 aliphatic rings. The molecule has 14 heavy (non-hydrogen) atoms. The molecule has 2 N–H and O–H groups in total. The Kier molecular flexibility index (Phi) is 3.48. The van der Waals surface area contributed by atoms with Gasteiger partial charge in [-0.05, 0) is 43.4 Å². The number of rotatable bonds is 4. The van der Waals surface area contributed by atoms with Crippen molar-refractivity contribution >= 4 is 0 Å². The van der Waals surface area contributed by atoms with E-state index in [0.717, 1.165) is 17.8 Å². The highest BCUT2D eigenvalue weighted by atomic mass is 14.7. The van der Waals surface area contributed by atoms with Crippen LogP contribution in [0.25, 0.3) is 0 Å². The van der Waals surface area contributed by atoms with Gasteiger partial charge in [0.15, 0.2) is 0 Å². The molecule has 3 atom stereocenters. The second-order valence-corrected chi connectivity index (χ2v) is 5.72. The minimum absolute atomic E-state index is 0.512. The minimum Gasteiger partial charge on any atom is -0.327 e. The summed E-state index contributed by atoms with van der Waals surface area (Å²) in [5.41, 5.74) is 6.29. The van der Waals surface area contributed by atoms with Crippen LogP contribution in [0.3, 0.4) is 0 Å². The van der Waals surface area contributed by atoms with Gasteiger partial charge < -0.3 is 5.73 Å². The van der Waals surface area contributed by atoms with Crippen molar-refractivity contribution in [1.29, 1.82) is 0 Å². The largest absolute Gasteiger partial charge is 0.327 e. The lowest BCUT2D eigenvalue weighted by molar-refractivity contribution is 0.237. The molecular formula is C13H25N. The van der Waals surface area contributed by atoms with Gasteiger partial charge in [0.1, 0.15) is 0 Å². The van der Waals surface area contributed by atoms with Gasteiger partial charge in [0.25, 0.3) is 0 Å². The third-order valence-electron chi connectivity index (χ3n) is 4.19. The molecule has 3 unspecified atom stereocenters. The summed E-state index contributed by atoms with van der Waals surface area (Å²) < 4.78 is 0. The van der Waals surface area contributed by atoms with Crippen molar-refractivity contribution in [3.8, 4) is 0 Å². The van der Waals surface area contributed by atoms with Gasteiger partial charge in [-0.15, -0.1) is 0 Å². The molecular weight excluding hydrogens is 170 g/mol. The Morgan fingerprint density at radius 1 is 1.21 bits per heavy atom. The summed E-state index contributed by atoms with van der Waals surface area (Å²) in [4.78, 5) is 0. The van der Waals surface area contributed by atoms with E-state index in [0.29, 0.717) is 6.04 Å². The number of nitrogens with two attached hydrogens (primary N) is 1. The van der Waals surface area contributed by atoms with E-state index in [-0.39, 0.29) is 0 Å². The van der Waals surface area contributed by atoms with Crippen LogP contribution in [0.2, 0.25) is 0 Å². The van der Waals surface area contributed by atoms with E-state index in [1.54, 1.807) is 0 Å². The maximum atomic E-state index is 6.29. The Balaban J connectivity index is 1.68. The summed E-state index contributed by atoms with van der Waals surface area (Å²) in [5.74, 6) is 2.83. The van der Waals surface area contributed by atoms with Crippen LogP contribution in [0.5, 0.6) is 0 Å². The molecule has 0 saturated heterocycles. The number of hydrogen-bond donors (Lipinski definition) is 1. The lowest BCUT2D eigenvalue weighted by Gasteiger charge is -2.31. The zero-order chi connectivity index (χ0) is 9.97. The van der Waals surface area contributed by atoms with Crippen LogP contribution in [0, 0.1) is 17.8 Å². The van der Waals surface area contributed by atoms with Gasteiger partial charge in [0.05, 0.1) is 0 Å². The summed E-state index contributed by atoms with van der Waals surface area (Å²) in [6.45, 7) is 2.39. The molecule has 2 fully saturated rings. The summed E-state index contributed by atoms with van der Waals surface area (Å²) in [6.07, 6.45) is 11.3. The van der Waals surface area contributed by atoms with Crippen LogP contribution in [0.4, 0.5) is 0 Å². The summed E-state index contributed by atoms with van der Waals surface area (Å²) in [7, 11) is 0. The molecule has 0 aromatic carbocycles. The molecule has 1 heteroatoms. The second-order valence-electron chi connectivity index (χ2n) is 5.72. The summed E-state index contributed by atoms with van der Waals surface area (Å²) in [5, 5.41) is 0. The molecule has 1 nitrogen and oxygen atoms in total. The molecule has 0 bridgehead atoms. The van der Waals surface area contributed by atoms with Crippen LogP contribution in [0.1, 0.15) is 58.3 Å². The molecule has 0 amide bonds. The van der Waals surface area contributed by atoms with E-state index in [2.05, 4.69) is 6.92 Å². The standard InChI is InChI=1S/C13H25N/c1-10-3-2-4-12(9-10)13(14)8-7-11-5-6-11/h10-13H,2-9,14H2,1H3. The Labute approximate surface area is 88.4 Å². The highest BCUT2D eigenvalue weighted by Gasteiger charge is 2.27. The van der Waals surface area contributed by atoms with Crippen LogP contribution in [0.15, 0.2) is 0 Å². The Morgan fingerprint density at radius 2 is 2.00 bits per heavy atom. The van der Waals surface area contributed by atoms with Crippen molar-refractivity contribution in [3.05, 3.63) is 0 Å². The summed E-state index contributed by atoms with van der Waals surface area (Å²) >= 11 is 0. The molecule has 2 rings (SSSR count). The van der Waals surface area contributed by atoms with Crippen molar-refractivity contribution in [2.75, 3.05) is 0 Å². The van der Waals surface area contributed by atoms with Crippen molar-refractivity contribution in [3.63, 3.8) is 0 Å². The highest BCUT2D eigenvalue weighted by molar-refractivity contribution is 4.82. The predicted octanol–water partition coefficient (Wildman–Crippen LogP) is 3.33. The van der Waals surface area contributed by atoms with Gasteiger partial charge >= 0.3 is 0 Å². The monoisotopic (exact) mass is 195 g/mol. The first-order valence-corrected chi connectivity index (χ1v) is 6.51. The van der Waals surface area contributed by atoms with Gasteiger partial charge in [-0.2, -0.15) is 0 Å². The third kappa shape index (κ3) is 2.98. The first kappa shape index (κ1) is 10.5. The quantitative estimate of drug-likeness (QED) is 0.731. The number of hydrogen-bond acceptors (Lipinski definition) is 1.